The third-order valence-corrected chi connectivity index (χ3v) is 3.79. The number of hydrogen-bond donors (Lipinski definition) is 0. The van der Waals surface area contributed by atoms with Gasteiger partial charge in [-0.1, -0.05) is 60.7 Å². The molecule has 0 aromatic heterocycles. The Kier molecular flexibility index (Phi) is 2.92. The Morgan fingerprint density at radius 1 is 0.889 bits per heavy atom. The van der Waals surface area contributed by atoms with Crippen LogP contribution in [0.3, 0.4) is 0 Å². The van der Waals surface area contributed by atoms with Crippen molar-refractivity contribution in [2.75, 3.05) is 6.61 Å². The molecule has 0 spiro atoms. The van der Waals surface area contributed by atoms with Crippen molar-refractivity contribution < 1.29 is 4.74 Å². The zero-order valence-corrected chi connectivity index (χ0v) is 10.4. The van der Waals surface area contributed by atoms with Gasteiger partial charge in [-0.3, -0.25) is 0 Å². The number of hydrogen-bond acceptors (Lipinski definition) is 1. The van der Waals surface area contributed by atoms with Gasteiger partial charge in [-0.05, 0) is 24.5 Å². The first-order valence-electron chi connectivity index (χ1n) is 6.37. The summed E-state index contributed by atoms with van der Waals surface area (Å²) in [5.74, 6) is 0. The second-order valence-electron chi connectivity index (χ2n) is 4.95. The van der Waals surface area contributed by atoms with E-state index in [4.69, 9.17) is 4.74 Å². The molecular formula is C17H17O. The standard InChI is InChI=1S/C17H17O/c1-14-12-17(13-18-14,15-8-4-2-5-9-15)16-10-6-3-7-11-16/h2-11,14H,1,12-13H2/t14-/m1/s1. The average Bonchev–Trinajstić information content (AvgIpc) is 2.84. The van der Waals surface area contributed by atoms with Crippen molar-refractivity contribution in [1.29, 1.82) is 0 Å². The Balaban J connectivity index is 2.11. The summed E-state index contributed by atoms with van der Waals surface area (Å²) in [5, 5.41) is 0. The lowest BCUT2D eigenvalue weighted by molar-refractivity contribution is 0.136. The molecule has 1 radical (unpaired) electrons. The Hall–Kier alpha value is -1.60. The summed E-state index contributed by atoms with van der Waals surface area (Å²) in [5.41, 5.74) is 2.61. The van der Waals surface area contributed by atoms with Gasteiger partial charge in [0.15, 0.2) is 0 Å². The van der Waals surface area contributed by atoms with Crippen LogP contribution >= 0.6 is 0 Å². The van der Waals surface area contributed by atoms with Crippen molar-refractivity contribution in [3.8, 4) is 0 Å². The molecule has 2 aromatic carbocycles. The maximum Gasteiger partial charge on any atom is 0.0608 e. The van der Waals surface area contributed by atoms with E-state index in [1.54, 1.807) is 0 Å². The summed E-state index contributed by atoms with van der Waals surface area (Å²) in [6.45, 7) is 4.78. The van der Waals surface area contributed by atoms with Gasteiger partial charge in [0, 0.05) is 5.41 Å². The van der Waals surface area contributed by atoms with Crippen molar-refractivity contribution in [2.45, 2.75) is 17.9 Å². The van der Waals surface area contributed by atoms with Gasteiger partial charge in [0.2, 0.25) is 0 Å². The van der Waals surface area contributed by atoms with Gasteiger partial charge < -0.3 is 4.74 Å². The van der Waals surface area contributed by atoms with Gasteiger partial charge in [-0.15, -0.1) is 0 Å². The summed E-state index contributed by atoms with van der Waals surface area (Å²) in [6, 6.07) is 21.2. The highest BCUT2D eigenvalue weighted by atomic mass is 16.5. The molecule has 1 saturated heterocycles. The molecule has 0 bridgehead atoms. The molecule has 0 unspecified atom stereocenters. The van der Waals surface area contributed by atoms with E-state index in [1.165, 1.54) is 11.1 Å². The fourth-order valence-corrected chi connectivity index (χ4v) is 2.85. The molecule has 0 saturated carbocycles. The van der Waals surface area contributed by atoms with Crippen LogP contribution < -0.4 is 0 Å². The fourth-order valence-electron chi connectivity index (χ4n) is 2.85. The predicted molar refractivity (Wildman–Crippen MR) is 73.4 cm³/mol. The first kappa shape index (κ1) is 11.5. The van der Waals surface area contributed by atoms with E-state index in [0.717, 1.165) is 13.0 Å². The third kappa shape index (κ3) is 1.85. The highest BCUT2D eigenvalue weighted by molar-refractivity contribution is 5.40. The van der Waals surface area contributed by atoms with Crippen molar-refractivity contribution in [3.05, 3.63) is 78.7 Å². The van der Waals surface area contributed by atoms with Crippen molar-refractivity contribution >= 4 is 0 Å². The van der Waals surface area contributed by atoms with Crippen LogP contribution in [0.2, 0.25) is 0 Å². The molecule has 1 atom stereocenters. The SMILES string of the molecule is [CH2][C@@H]1CC(c2ccccc2)(c2ccccc2)CO1. The number of benzene rings is 2. The highest BCUT2D eigenvalue weighted by Crippen LogP contribution is 2.41. The number of ether oxygens (including phenoxy) is 1. The second-order valence-corrected chi connectivity index (χ2v) is 4.95. The first-order valence-corrected chi connectivity index (χ1v) is 6.37. The minimum Gasteiger partial charge on any atom is -0.377 e. The molecule has 1 fully saturated rings. The lowest BCUT2D eigenvalue weighted by Gasteiger charge is -2.29. The normalized spacial score (nSPS) is 21.9. The molecule has 1 aliphatic rings. The molecule has 0 N–H and O–H groups in total. The molecular weight excluding hydrogens is 220 g/mol. The van der Waals surface area contributed by atoms with E-state index in [9.17, 15) is 0 Å². The van der Waals surface area contributed by atoms with Crippen molar-refractivity contribution in [3.63, 3.8) is 0 Å². The lowest BCUT2D eigenvalue weighted by Crippen LogP contribution is -2.28. The average molecular weight is 237 g/mol. The van der Waals surface area contributed by atoms with Crippen LogP contribution in [0, 0.1) is 6.92 Å². The maximum atomic E-state index is 5.77. The molecule has 1 aliphatic heterocycles. The highest BCUT2D eigenvalue weighted by Gasteiger charge is 2.41. The van der Waals surface area contributed by atoms with E-state index >= 15 is 0 Å². The minimum atomic E-state index is -0.0328. The Morgan fingerprint density at radius 2 is 1.39 bits per heavy atom. The molecule has 0 amide bonds. The summed E-state index contributed by atoms with van der Waals surface area (Å²) >= 11 is 0. The Morgan fingerprint density at radius 3 is 1.78 bits per heavy atom. The summed E-state index contributed by atoms with van der Waals surface area (Å²) in [4.78, 5) is 0. The smallest absolute Gasteiger partial charge is 0.0608 e. The molecule has 91 valence electrons. The molecule has 3 rings (SSSR count). The summed E-state index contributed by atoms with van der Waals surface area (Å²) in [7, 11) is 0. The fraction of sp³-hybridized carbons (Fsp3) is 0.235. The van der Waals surface area contributed by atoms with Crippen LogP contribution in [0.15, 0.2) is 60.7 Å². The zero-order chi connectivity index (χ0) is 12.4. The monoisotopic (exact) mass is 237 g/mol. The largest absolute Gasteiger partial charge is 0.377 e. The summed E-state index contributed by atoms with van der Waals surface area (Å²) in [6.07, 6.45) is 1.02. The molecule has 2 aromatic rings. The van der Waals surface area contributed by atoms with Gasteiger partial charge in [0.1, 0.15) is 0 Å². The van der Waals surface area contributed by atoms with E-state index in [2.05, 4.69) is 67.6 Å². The Bertz CT molecular complexity index is 464. The maximum absolute atomic E-state index is 5.77. The van der Waals surface area contributed by atoms with E-state index in [0.29, 0.717) is 0 Å². The van der Waals surface area contributed by atoms with Gasteiger partial charge in [-0.25, -0.2) is 0 Å². The molecule has 1 heteroatoms. The molecule has 1 nitrogen and oxygen atoms in total. The van der Waals surface area contributed by atoms with Gasteiger partial charge in [0.25, 0.3) is 0 Å². The second kappa shape index (κ2) is 4.58. The summed E-state index contributed by atoms with van der Waals surface area (Å²) < 4.78 is 5.77. The van der Waals surface area contributed by atoms with Crippen LogP contribution in [0.25, 0.3) is 0 Å². The van der Waals surface area contributed by atoms with Gasteiger partial charge >= 0.3 is 0 Å². The topological polar surface area (TPSA) is 9.23 Å². The van der Waals surface area contributed by atoms with Crippen molar-refractivity contribution in [2.24, 2.45) is 0 Å². The molecule has 18 heavy (non-hydrogen) atoms. The zero-order valence-electron chi connectivity index (χ0n) is 10.4. The molecule has 1 heterocycles. The van der Waals surface area contributed by atoms with Crippen LogP contribution in [-0.4, -0.2) is 12.7 Å². The van der Waals surface area contributed by atoms with E-state index in [1.807, 2.05) is 0 Å². The molecule has 0 aliphatic carbocycles. The van der Waals surface area contributed by atoms with Gasteiger partial charge in [-0.2, -0.15) is 0 Å². The lowest BCUT2D eigenvalue weighted by atomic mass is 9.73. The van der Waals surface area contributed by atoms with Crippen molar-refractivity contribution in [1.82, 2.24) is 0 Å². The van der Waals surface area contributed by atoms with Crippen LogP contribution in [0.1, 0.15) is 17.5 Å². The quantitative estimate of drug-likeness (QED) is 0.775. The minimum absolute atomic E-state index is 0.0328. The number of rotatable bonds is 2. The third-order valence-electron chi connectivity index (χ3n) is 3.79. The van der Waals surface area contributed by atoms with Crippen LogP contribution in [0.4, 0.5) is 0 Å². The van der Waals surface area contributed by atoms with E-state index in [-0.39, 0.29) is 11.5 Å². The first-order chi connectivity index (χ1) is 8.81. The van der Waals surface area contributed by atoms with Gasteiger partial charge in [0.05, 0.1) is 12.7 Å². The van der Waals surface area contributed by atoms with Crippen LogP contribution in [0.5, 0.6) is 0 Å². The van der Waals surface area contributed by atoms with E-state index < -0.39 is 0 Å². The predicted octanol–water partition coefficient (Wildman–Crippen LogP) is 3.60. The van der Waals surface area contributed by atoms with Crippen LogP contribution in [-0.2, 0) is 10.2 Å². The Labute approximate surface area is 108 Å².